The van der Waals surface area contributed by atoms with E-state index in [1.165, 1.54) is 17.1 Å². The molecule has 8 nitrogen and oxygen atoms in total. The number of fused-ring (bicyclic) bond motifs is 1. The first-order chi connectivity index (χ1) is 14.0. The second-order valence-electron chi connectivity index (χ2n) is 7.31. The van der Waals surface area contributed by atoms with Gasteiger partial charge in [0.2, 0.25) is 11.9 Å². The lowest BCUT2D eigenvalue weighted by Gasteiger charge is -2.30. The Morgan fingerprint density at radius 3 is 2.66 bits per heavy atom. The minimum absolute atomic E-state index is 0.157. The van der Waals surface area contributed by atoms with Gasteiger partial charge in [-0.3, -0.25) is 14.2 Å². The molecule has 9 heteroatoms. The maximum Gasteiger partial charge on any atom is 0.264 e. The number of carbonyl (C=O) groups is 1. The lowest BCUT2D eigenvalue weighted by Crippen LogP contribution is -2.34. The first-order valence-electron chi connectivity index (χ1n) is 9.52. The van der Waals surface area contributed by atoms with Crippen LogP contribution in [0.5, 0.6) is 0 Å². The van der Waals surface area contributed by atoms with Crippen LogP contribution in [0.4, 0.5) is 11.6 Å². The molecule has 1 aromatic carbocycles. The standard InChI is InChI=1S/C20H21ClN6O2/c1-13-6-8-26(9-7-13)20-22-10-16-18(25-20)23-12-27(19(16)29)11-17(28)24-15-4-2-14(21)3-5-15/h2-5,10,12-13H,6-9,11H2,1H3,(H,24,28). The molecule has 0 aliphatic carbocycles. The molecule has 2 aromatic heterocycles. The Balaban J connectivity index is 1.51. The normalized spacial score (nSPS) is 14.9. The Morgan fingerprint density at radius 1 is 1.21 bits per heavy atom. The fourth-order valence-corrected chi connectivity index (χ4v) is 3.43. The van der Waals surface area contributed by atoms with Crippen molar-refractivity contribution in [2.75, 3.05) is 23.3 Å². The number of nitrogens with zero attached hydrogens (tertiary/aromatic N) is 5. The van der Waals surface area contributed by atoms with E-state index < -0.39 is 0 Å². The summed E-state index contributed by atoms with van der Waals surface area (Å²) in [6.07, 6.45) is 5.04. The van der Waals surface area contributed by atoms with Gasteiger partial charge in [0.05, 0.1) is 0 Å². The molecule has 1 N–H and O–H groups in total. The van der Waals surface area contributed by atoms with Crippen LogP contribution >= 0.6 is 11.6 Å². The molecule has 1 aliphatic heterocycles. The first-order valence-corrected chi connectivity index (χ1v) is 9.90. The fourth-order valence-electron chi connectivity index (χ4n) is 3.31. The van der Waals surface area contributed by atoms with Gasteiger partial charge in [-0.25, -0.2) is 9.97 Å². The second kappa shape index (κ2) is 8.16. The Morgan fingerprint density at radius 2 is 1.93 bits per heavy atom. The van der Waals surface area contributed by atoms with E-state index in [1.54, 1.807) is 24.3 Å². The van der Waals surface area contributed by atoms with E-state index >= 15 is 0 Å². The van der Waals surface area contributed by atoms with Crippen molar-refractivity contribution in [3.63, 3.8) is 0 Å². The highest BCUT2D eigenvalue weighted by atomic mass is 35.5. The molecule has 0 radical (unpaired) electrons. The summed E-state index contributed by atoms with van der Waals surface area (Å²) in [5.74, 6) is 0.959. The lowest BCUT2D eigenvalue weighted by molar-refractivity contribution is -0.116. The van der Waals surface area contributed by atoms with Crippen molar-refractivity contribution in [3.05, 3.63) is 52.2 Å². The van der Waals surface area contributed by atoms with Gasteiger partial charge in [0.15, 0.2) is 5.65 Å². The summed E-state index contributed by atoms with van der Waals surface area (Å²) in [6.45, 7) is 3.88. The molecular weight excluding hydrogens is 392 g/mol. The topological polar surface area (TPSA) is 93.0 Å². The monoisotopic (exact) mass is 412 g/mol. The number of piperidine rings is 1. The van der Waals surface area contributed by atoms with Gasteiger partial charge in [0, 0.05) is 30.0 Å². The molecule has 3 aromatic rings. The SMILES string of the molecule is CC1CCN(c2ncc3c(=O)n(CC(=O)Nc4ccc(Cl)cc4)cnc3n2)CC1. The molecule has 0 unspecified atom stereocenters. The van der Waals surface area contributed by atoms with Crippen molar-refractivity contribution in [2.24, 2.45) is 5.92 Å². The van der Waals surface area contributed by atoms with Gasteiger partial charge < -0.3 is 10.2 Å². The summed E-state index contributed by atoms with van der Waals surface area (Å²) >= 11 is 5.84. The van der Waals surface area contributed by atoms with Crippen LogP contribution in [0.3, 0.4) is 0 Å². The third kappa shape index (κ3) is 4.37. The van der Waals surface area contributed by atoms with Gasteiger partial charge in [-0.15, -0.1) is 0 Å². The molecule has 0 saturated carbocycles. The molecule has 4 rings (SSSR count). The predicted octanol–water partition coefficient (Wildman–Crippen LogP) is 2.71. The van der Waals surface area contributed by atoms with Crippen molar-refractivity contribution in [1.82, 2.24) is 19.5 Å². The minimum Gasteiger partial charge on any atom is -0.341 e. The average molecular weight is 413 g/mol. The second-order valence-corrected chi connectivity index (χ2v) is 7.75. The molecule has 1 fully saturated rings. The van der Waals surface area contributed by atoms with E-state index in [0.29, 0.717) is 33.6 Å². The third-order valence-corrected chi connectivity index (χ3v) is 5.33. The maximum absolute atomic E-state index is 12.7. The van der Waals surface area contributed by atoms with Gasteiger partial charge in [0.25, 0.3) is 5.56 Å². The number of benzene rings is 1. The third-order valence-electron chi connectivity index (χ3n) is 5.08. The van der Waals surface area contributed by atoms with E-state index in [2.05, 4.69) is 32.1 Å². The largest absolute Gasteiger partial charge is 0.341 e. The molecule has 1 aliphatic rings. The quantitative estimate of drug-likeness (QED) is 0.708. The number of aromatic nitrogens is 4. The summed E-state index contributed by atoms with van der Waals surface area (Å²) in [6, 6.07) is 6.74. The smallest absolute Gasteiger partial charge is 0.264 e. The van der Waals surface area contributed by atoms with Crippen LogP contribution in [0.25, 0.3) is 11.0 Å². The number of hydrogen-bond acceptors (Lipinski definition) is 6. The van der Waals surface area contributed by atoms with Crippen LogP contribution in [-0.2, 0) is 11.3 Å². The average Bonchev–Trinajstić information content (AvgIpc) is 2.72. The first kappa shape index (κ1) is 19.3. The zero-order valence-corrected chi connectivity index (χ0v) is 16.8. The van der Waals surface area contributed by atoms with Crippen LogP contribution in [-0.4, -0.2) is 38.5 Å². The zero-order valence-electron chi connectivity index (χ0n) is 16.0. The van der Waals surface area contributed by atoms with Gasteiger partial charge in [-0.1, -0.05) is 18.5 Å². The molecule has 0 atom stereocenters. The zero-order chi connectivity index (χ0) is 20.4. The Kier molecular flexibility index (Phi) is 5.44. The predicted molar refractivity (Wildman–Crippen MR) is 112 cm³/mol. The van der Waals surface area contributed by atoms with Crippen molar-refractivity contribution in [2.45, 2.75) is 26.3 Å². The van der Waals surface area contributed by atoms with Crippen molar-refractivity contribution < 1.29 is 4.79 Å². The van der Waals surface area contributed by atoms with Crippen molar-refractivity contribution in [1.29, 1.82) is 0 Å². The summed E-state index contributed by atoms with van der Waals surface area (Å²) in [5, 5.41) is 3.60. The summed E-state index contributed by atoms with van der Waals surface area (Å²) in [5.41, 5.74) is 0.595. The van der Waals surface area contributed by atoms with Crippen LogP contribution in [0, 0.1) is 5.92 Å². The summed E-state index contributed by atoms with van der Waals surface area (Å²) in [4.78, 5) is 40.2. The number of hydrogen-bond donors (Lipinski definition) is 1. The van der Waals surface area contributed by atoms with Gasteiger partial charge in [-0.05, 0) is 43.0 Å². The summed E-state index contributed by atoms with van der Waals surface area (Å²) < 4.78 is 1.25. The van der Waals surface area contributed by atoms with Gasteiger partial charge in [0.1, 0.15) is 18.3 Å². The van der Waals surface area contributed by atoms with Crippen LogP contribution in [0.2, 0.25) is 5.02 Å². The van der Waals surface area contributed by atoms with Crippen LogP contribution < -0.4 is 15.8 Å². The Labute approximate surface area is 172 Å². The van der Waals surface area contributed by atoms with E-state index in [9.17, 15) is 9.59 Å². The van der Waals surface area contributed by atoms with Crippen molar-refractivity contribution in [3.8, 4) is 0 Å². The maximum atomic E-state index is 12.7. The molecule has 3 heterocycles. The Bertz CT molecular complexity index is 1090. The van der Waals surface area contributed by atoms with E-state index in [-0.39, 0.29) is 18.0 Å². The molecule has 29 heavy (non-hydrogen) atoms. The molecule has 0 spiro atoms. The van der Waals surface area contributed by atoms with E-state index in [1.807, 2.05) is 0 Å². The molecular formula is C20H21ClN6O2. The number of amides is 1. The minimum atomic E-state index is -0.347. The number of nitrogens with one attached hydrogen (secondary N) is 1. The highest BCUT2D eigenvalue weighted by Gasteiger charge is 2.19. The number of halogens is 1. The highest BCUT2D eigenvalue weighted by molar-refractivity contribution is 6.30. The summed E-state index contributed by atoms with van der Waals surface area (Å²) in [7, 11) is 0. The van der Waals surface area contributed by atoms with E-state index in [4.69, 9.17) is 11.6 Å². The number of carbonyl (C=O) groups excluding carboxylic acids is 1. The fraction of sp³-hybridized carbons (Fsp3) is 0.350. The van der Waals surface area contributed by atoms with Crippen LogP contribution in [0.15, 0.2) is 41.6 Å². The molecule has 0 bridgehead atoms. The Hall–Kier alpha value is -3.00. The number of rotatable bonds is 4. The van der Waals surface area contributed by atoms with E-state index in [0.717, 1.165) is 25.9 Å². The van der Waals surface area contributed by atoms with Gasteiger partial charge in [-0.2, -0.15) is 4.98 Å². The van der Waals surface area contributed by atoms with Gasteiger partial charge >= 0.3 is 0 Å². The number of anilines is 2. The molecule has 1 saturated heterocycles. The highest BCUT2D eigenvalue weighted by Crippen LogP contribution is 2.20. The lowest BCUT2D eigenvalue weighted by atomic mass is 10.00. The molecule has 1 amide bonds. The van der Waals surface area contributed by atoms with Crippen molar-refractivity contribution >= 4 is 40.2 Å². The molecule has 150 valence electrons. The van der Waals surface area contributed by atoms with Crippen LogP contribution in [0.1, 0.15) is 19.8 Å².